The van der Waals surface area contributed by atoms with Crippen LogP contribution in [0.25, 0.3) is 0 Å². The number of aliphatic imine (C=N–C) groups is 1. The lowest BCUT2D eigenvalue weighted by atomic mass is 10.1. The van der Waals surface area contributed by atoms with Crippen LogP contribution in [0, 0.1) is 16.0 Å². The molecule has 1 saturated heterocycles. The third kappa shape index (κ3) is 7.59. The summed E-state index contributed by atoms with van der Waals surface area (Å²) in [5, 5.41) is 14.4. The second kappa shape index (κ2) is 12.8. The molecule has 2 rings (SSSR count). The number of likely N-dealkylation sites (tertiary alicyclic amines) is 1. The molecule has 1 aromatic carbocycles. The summed E-state index contributed by atoms with van der Waals surface area (Å²) in [4.78, 5) is 17.6. The lowest BCUT2D eigenvalue weighted by Crippen LogP contribution is -2.40. The highest BCUT2D eigenvalue weighted by molar-refractivity contribution is 14.0. The van der Waals surface area contributed by atoms with Crippen molar-refractivity contribution in [1.29, 1.82) is 0 Å². The van der Waals surface area contributed by atoms with E-state index in [9.17, 15) is 10.1 Å². The van der Waals surface area contributed by atoms with Gasteiger partial charge >= 0.3 is 0 Å². The van der Waals surface area contributed by atoms with Crippen LogP contribution in [0.1, 0.15) is 18.9 Å². The van der Waals surface area contributed by atoms with Gasteiger partial charge in [0.25, 0.3) is 5.69 Å². The average Bonchev–Trinajstić information content (AvgIpc) is 3.11. The molecule has 0 aromatic heterocycles. The van der Waals surface area contributed by atoms with Gasteiger partial charge < -0.3 is 19.7 Å². The highest BCUT2D eigenvalue weighted by Crippen LogP contribution is 2.20. The first-order valence-corrected chi connectivity index (χ1v) is 8.98. The van der Waals surface area contributed by atoms with E-state index in [0.717, 1.165) is 32.0 Å². The van der Waals surface area contributed by atoms with Gasteiger partial charge in [-0.3, -0.25) is 10.1 Å². The van der Waals surface area contributed by atoms with Crippen molar-refractivity contribution in [2.75, 3.05) is 46.6 Å². The van der Waals surface area contributed by atoms with Gasteiger partial charge in [-0.05, 0) is 13.3 Å². The molecule has 0 spiro atoms. The van der Waals surface area contributed by atoms with E-state index in [1.54, 1.807) is 25.3 Å². The normalized spacial score (nSPS) is 16.9. The van der Waals surface area contributed by atoms with Crippen molar-refractivity contribution in [3.63, 3.8) is 0 Å². The fraction of sp³-hybridized carbons (Fsp3) is 0.611. The standard InChI is InChI=1S/C18H28N4O4.HI/c1-3-19-18(20-12-16-6-4-5-7-17(16)22(23)24)21-9-8-15(13-21)14-26-11-10-25-2;/h4-7,15H,3,8-14H2,1-2H3,(H,19,20);1H. The van der Waals surface area contributed by atoms with E-state index in [4.69, 9.17) is 9.47 Å². The number of rotatable bonds is 9. The smallest absolute Gasteiger partial charge is 0.274 e. The van der Waals surface area contributed by atoms with Gasteiger partial charge in [0, 0.05) is 38.7 Å². The summed E-state index contributed by atoms with van der Waals surface area (Å²) in [6, 6.07) is 6.74. The fourth-order valence-corrected chi connectivity index (χ4v) is 2.96. The van der Waals surface area contributed by atoms with E-state index in [-0.39, 0.29) is 41.1 Å². The minimum Gasteiger partial charge on any atom is -0.382 e. The van der Waals surface area contributed by atoms with Crippen LogP contribution in [0.2, 0.25) is 0 Å². The number of nitro groups is 1. The summed E-state index contributed by atoms with van der Waals surface area (Å²) in [7, 11) is 1.66. The quantitative estimate of drug-likeness (QED) is 0.142. The highest BCUT2D eigenvalue weighted by atomic mass is 127. The summed E-state index contributed by atoms with van der Waals surface area (Å²) in [6.45, 7) is 6.75. The summed E-state index contributed by atoms with van der Waals surface area (Å²) in [5.41, 5.74) is 0.726. The van der Waals surface area contributed by atoms with Crippen LogP contribution in [0.4, 0.5) is 5.69 Å². The molecule has 152 valence electrons. The monoisotopic (exact) mass is 492 g/mol. The Morgan fingerprint density at radius 1 is 1.41 bits per heavy atom. The van der Waals surface area contributed by atoms with Gasteiger partial charge in [0.05, 0.1) is 36.9 Å². The molecule has 0 aliphatic carbocycles. The number of guanidine groups is 1. The van der Waals surface area contributed by atoms with Gasteiger partial charge in [-0.1, -0.05) is 18.2 Å². The minimum atomic E-state index is -0.360. The maximum Gasteiger partial charge on any atom is 0.274 e. The number of methoxy groups -OCH3 is 1. The van der Waals surface area contributed by atoms with Gasteiger partial charge in [0.2, 0.25) is 0 Å². The van der Waals surface area contributed by atoms with Crippen molar-refractivity contribution in [3.05, 3.63) is 39.9 Å². The van der Waals surface area contributed by atoms with Crippen molar-refractivity contribution < 1.29 is 14.4 Å². The number of halogens is 1. The first-order chi connectivity index (χ1) is 12.7. The van der Waals surface area contributed by atoms with Crippen LogP contribution < -0.4 is 5.32 Å². The van der Waals surface area contributed by atoms with Crippen LogP contribution in [-0.2, 0) is 16.0 Å². The van der Waals surface area contributed by atoms with Gasteiger partial charge in [-0.25, -0.2) is 4.99 Å². The molecule has 1 unspecified atom stereocenters. The Balaban J connectivity index is 0.00000364. The molecule has 1 atom stereocenters. The average molecular weight is 492 g/mol. The Morgan fingerprint density at radius 3 is 2.89 bits per heavy atom. The third-order valence-corrected chi connectivity index (χ3v) is 4.29. The number of para-hydroxylation sites is 1. The molecule has 8 nitrogen and oxygen atoms in total. The Bertz CT molecular complexity index is 615. The van der Waals surface area contributed by atoms with Crippen LogP contribution in [0.3, 0.4) is 0 Å². The first-order valence-electron chi connectivity index (χ1n) is 8.98. The zero-order chi connectivity index (χ0) is 18.8. The molecule has 0 saturated carbocycles. The maximum atomic E-state index is 11.1. The number of hydrogen-bond acceptors (Lipinski definition) is 5. The lowest BCUT2D eigenvalue weighted by molar-refractivity contribution is -0.385. The van der Waals surface area contributed by atoms with Crippen LogP contribution in [0.5, 0.6) is 0 Å². The molecule has 1 N–H and O–H groups in total. The van der Waals surface area contributed by atoms with E-state index in [0.29, 0.717) is 31.3 Å². The highest BCUT2D eigenvalue weighted by Gasteiger charge is 2.25. The summed E-state index contributed by atoms with van der Waals surface area (Å²) in [5.74, 6) is 1.26. The minimum absolute atomic E-state index is 0. The molecule has 1 fully saturated rings. The molecule has 1 heterocycles. The predicted molar refractivity (Wildman–Crippen MR) is 116 cm³/mol. The molecule has 1 aliphatic heterocycles. The van der Waals surface area contributed by atoms with Crippen LogP contribution in [0.15, 0.2) is 29.3 Å². The molecular weight excluding hydrogens is 463 g/mol. The largest absolute Gasteiger partial charge is 0.382 e. The molecule has 1 aromatic rings. The molecule has 1 aliphatic rings. The van der Waals surface area contributed by atoms with E-state index in [2.05, 4.69) is 15.2 Å². The Morgan fingerprint density at radius 2 is 2.19 bits per heavy atom. The van der Waals surface area contributed by atoms with Crippen molar-refractivity contribution in [2.45, 2.75) is 19.9 Å². The summed E-state index contributed by atoms with van der Waals surface area (Å²) in [6.07, 6.45) is 1.04. The molecule has 0 amide bonds. The molecule has 27 heavy (non-hydrogen) atoms. The number of hydrogen-bond donors (Lipinski definition) is 1. The van der Waals surface area contributed by atoms with Crippen molar-refractivity contribution >= 4 is 35.6 Å². The summed E-state index contributed by atoms with van der Waals surface area (Å²) >= 11 is 0. The number of nitro benzene ring substituents is 1. The number of benzene rings is 1. The predicted octanol–water partition coefficient (Wildman–Crippen LogP) is 2.66. The summed E-state index contributed by atoms with van der Waals surface area (Å²) < 4.78 is 10.6. The number of ether oxygens (including phenoxy) is 2. The molecular formula is C18H29IN4O4. The van der Waals surface area contributed by atoms with Gasteiger partial charge in [0.15, 0.2) is 5.96 Å². The third-order valence-electron chi connectivity index (χ3n) is 4.29. The molecule has 0 radical (unpaired) electrons. The SMILES string of the molecule is CCNC(=NCc1ccccc1[N+](=O)[O-])N1CCC(COCCOC)C1.I. The Labute approximate surface area is 177 Å². The topological polar surface area (TPSA) is 89.2 Å². The zero-order valence-corrected chi connectivity index (χ0v) is 18.3. The van der Waals surface area contributed by atoms with Gasteiger partial charge in [0.1, 0.15) is 0 Å². The van der Waals surface area contributed by atoms with Crippen LogP contribution >= 0.6 is 24.0 Å². The molecule has 0 bridgehead atoms. The second-order valence-corrected chi connectivity index (χ2v) is 6.22. The van der Waals surface area contributed by atoms with Gasteiger partial charge in [-0.2, -0.15) is 0 Å². The Kier molecular flexibility index (Phi) is 11.2. The van der Waals surface area contributed by atoms with Crippen molar-refractivity contribution in [3.8, 4) is 0 Å². The molecule has 9 heteroatoms. The maximum absolute atomic E-state index is 11.1. The fourth-order valence-electron chi connectivity index (χ4n) is 2.96. The zero-order valence-electron chi connectivity index (χ0n) is 15.9. The number of nitrogens with zero attached hydrogens (tertiary/aromatic N) is 3. The van der Waals surface area contributed by atoms with Crippen molar-refractivity contribution in [1.82, 2.24) is 10.2 Å². The van der Waals surface area contributed by atoms with E-state index in [1.807, 2.05) is 6.92 Å². The first kappa shape index (κ1) is 23.6. The second-order valence-electron chi connectivity index (χ2n) is 6.22. The van der Waals surface area contributed by atoms with Crippen LogP contribution in [-0.4, -0.2) is 62.3 Å². The van der Waals surface area contributed by atoms with E-state index in [1.165, 1.54) is 6.07 Å². The van der Waals surface area contributed by atoms with Gasteiger partial charge in [-0.15, -0.1) is 24.0 Å². The van der Waals surface area contributed by atoms with E-state index < -0.39 is 0 Å². The van der Waals surface area contributed by atoms with E-state index >= 15 is 0 Å². The number of nitrogens with one attached hydrogen (secondary N) is 1. The van der Waals surface area contributed by atoms with Crippen molar-refractivity contribution in [2.24, 2.45) is 10.9 Å². The lowest BCUT2D eigenvalue weighted by Gasteiger charge is -2.21. The Hall–Kier alpha value is -1.46.